The Morgan fingerprint density at radius 3 is 2.55 bits per heavy atom. The Morgan fingerprint density at radius 1 is 1.15 bits per heavy atom. The molecule has 0 radical (unpaired) electrons. The Bertz CT molecular complexity index is 388. The first kappa shape index (κ1) is 15.5. The number of ether oxygens (including phenoxy) is 2. The van der Waals surface area contributed by atoms with Gasteiger partial charge >= 0.3 is 0 Å². The highest BCUT2D eigenvalue weighted by molar-refractivity contribution is 5.30. The molecule has 1 aliphatic rings. The fraction of sp³-hybridized carbons (Fsp3) is 0.647. The minimum absolute atomic E-state index is 0.0617. The van der Waals surface area contributed by atoms with Crippen LogP contribution in [-0.4, -0.2) is 32.1 Å². The highest BCUT2D eigenvalue weighted by Gasteiger charge is 2.18. The predicted octanol–water partition coefficient (Wildman–Crippen LogP) is 2.92. The van der Waals surface area contributed by atoms with Gasteiger partial charge in [-0.2, -0.15) is 0 Å². The fourth-order valence-corrected chi connectivity index (χ4v) is 2.86. The lowest BCUT2D eigenvalue weighted by Gasteiger charge is -2.26. The highest BCUT2D eigenvalue weighted by Crippen LogP contribution is 2.21. The van der Waals surface area contributed by atoms with Crippen LogP contribution in [0.5, 0.6) is 0 Å². The molecule has 112 valence electrons. The average molecular weight is 277 g/mol. The van der Waals surface area contributed by atoms with Crippen LogP contribution in [0.25, 0.3) is 0 Å². The van der Waals surface area contributed by atoms with E-state index in [-0.39, 0.29) is 6.29 Å². The van der Waals surface area contributed by atoms with Gasteiger partial charge in [0.15, 0.2) is 6.29 Å². The number of hydrogen-bond acceptors (Lipinski definition) is 3. The Labute approximate surface area is 122 Å². The number of nitrogens with one attached hydrogen (secondary N) is 1. The molecule has 0 amide bonds. The first-order valence-corrected chi connectivity index (χ1v) is 7.86. The molecule has 0 fully saturated rings. The van der Waals surface area contributed by atoms with Crippen molar-refractivity contribution in [3.63, 3.8) is 0 Å². The zero-order valence-corrected chi connectivity index (χ0v) is 12.7. The summed E-state index contributed by atoms with van der Waals surface area (Å²) in [5.74, 6) is 0. The average Bonchev–Trinajstić information content (AvgIpc) is 2.47. The number of fused-ring (bicyclic) bond motifs is 1. The molecule has 1 unspecified atom stereocenters. The summed E-state index contributed by atoms with van der Waals surface area (Å²) < 4.78 is 11.1. The van der Waals surface area contributed by atoms with Crippen LogP contribution in [0.3, 0.4) is 0 Å². The van der Waals surface area contributed by atoms with Crippen LogP contribution >= 0.6 is 0 Å². The van der Waals surface area contributed by atoms with Gasteiger partial charge < -0.3 is 14.8 Å². The molecule has 1 aromatic carbocycles. The molecule has 3 heteroatoms. The van der Waals surface area contributed by atoms with Crippen molar-refractivity contribution in [1.82, 2.24) is 5.32 Å². The topological polar surface area (TPSA) is 30.5 Å². The standard InChI is InChI=1S/C17H27NO2/c1-3-19-17(20-4-2)11-12-18-16-10-9-14-7-5-6-8-15(14)13-16/h5-8,16-18H,3-4,9-13H2,1-2H3. The Balaban J connectivity index is 1.73. The number of hydrogen-bond donors (Lipinski definition) is 1. The van der Waals surface area contributed by atoms with Crippen molar-refractivity contribution >= 4 is 0 Å². The second-order valence-electron chi connectivity index (χ2n) is 5.29. The summed E-state index contributed by atoms with van der Waals surface area (Å²) in [7, 11) is 0. The van der Waals surface area contributed by atoms with Crippen LogP contribution in [0.4, 0.5) is 0 Å². The molecule has 0 aliphatic heterocycles. The molecule has 1 atom stereocenters. The van der Waals surface area contributed by atoms with E-state index in [0.29, 0.717) is 19.3 Å². The lowest BCUT2D eigenvalue weighted by atomic mass is 9.88. The molecule has 2 rings (SSSR count). The second-order valence-corrected chi connectivity index (χ2v) is 5.29. The third kappa shape index (κ3) is 4.58. The molecule has 1 aromatic rings. The summed E-state index contributed by atoms with van der Waals surface area (Å²) in [4.78, 5) is 0. The van der Waals surface area contributed by atoms with Crippen LogP contribution in [0.15, 0.2) is 24.3 Å². The molecule has 20 heavy (non-hydrogen) atoms. The van der Waals surface area contributed by atoms with Gasteiger partial charge in [-0.3, -0.25) is 0 Å². The summed E-state index contributed by atoms with van der Waals surface area (Å²) in [6.45, 7) is 6.40. The molecular weight excluding hydrogens is 250 g/mol. The third-order valence-corrected chi connectivity index (χ3v) is 3.87. The maximum absolute atomic E-state index is 5.57. The van der Waals surface area contributed by atoms with Crippen LogP contribution in [0.2, 0.25) is 0 Å². The summed E-state index contributed by atoms with van der Waals surface area (Å²) in [6.07, 6.45) is 4.41. The SMILES string of the molecule is CCOC(CCNC1CCc2ccccc2C1)OCC. The van der Waals surface area contributed by atoms with Crippen molar-refractivity contribution in [2.75, 3.05) is 19.8 Å². The van der Waals surface area contributed by atoms with Crippen molar-refractivity contribution in [2.45, 2.75) is 51.9 Å². The maximum Gasteiger partial charge on any atom is 0.158 e. The molecule has 0 saturated carbocycles. The number of rotatable bonds is 8. The van der Waals surface area contributed by atoms with Crippen molar-refractivity contribution in [3.8, 4) is 0 Å². The van der Waals surface area contributed by atoms with E-state index in [4.69, 9.17) is 9.47 Å². The van der Waals surface area contributed by atoms with Gasteiger partial charge in [-0.25, -0.2) is 0 Å². The quantitative estimate of drug-likeness (QED) is 0.741. The van der Waals surface area contributed by atoms with Gasteiger partial charge in [0.05, 0.1) is 0 Å². The van der Waals surface area contributed by atoms with Gasteiger partial charge in [0, 0.05) is 32.2 Å². The van der Waals surface area contributed by atoms with Gasteiger partial charge in [0.25, 0.3) is 0 Å². The molecule has 0 spiro atoms. The predicted molar refractivity (Wildman–Crippen MR) is 81.9 cm³/mol. The third-order valence-electron chi connectivity index (χ3n) is 3.87. The molecule has 3 nitrogen and oxygen atoms in total. The zero-order chi connectivity index (χ0) is 14.2. The van der Waals surface area contributed by atoms with Crippen molar-refractivity contribution < 1.29 is 9.47 Å². The van der Waals surface area contributed by atoms with Crippen molar-refractivity contribution in [3.05, 3.63) is 35.4 Å². The Kier molecular flexibility index (Phi) is 6.51. The molecule has 0 aromatic heterocycles. The summed E-state index contributed by atoms with van der Waals surface area (Å²) in [5, 5.41) is 3.65. The Morgan fingerprint density at radius 2 is 1.85 bits per heavy atom. The van der Waals surface area contributed by atoms with Gasteiger partial charge in [-0.1, -0.05) is 24.3 Å². The van der Waals surface area contributed by atoms with Gasteiger partial charge in [-0.05, 0) is 44.2 Å². The summed E-state index contributed by atoms with van der Waals surface area (Å²) in [6, 6.07) is 9.38. The molecule has 1 aliphatic carbocycles. The maximum atomic E-state index is 5.57. The summed E-state index contributed by atoms with van der Waals surface area (Å²) in [5.41, 5.74) is 3.02. The monoisotopic (exact) mass is 277 g/mol. The first-order chi connectivity index (χ1) is 9.83. The van der Waals surface area contributed by atoms with E-state index in [1.807, 2.05) is 13.8 Å². The van der Waals surface area contributed by atoms with E-state index in [1.54, 1.807) is 0 Å². The van der Waals surface area contributed by atoms with Gasteiger partial charge in [0.1, 0.15) is 0 Å². The van der Waals surface area contributed by atoms with Crippen LogP contribution in [0, 0.1) is 0 Å². The zero-order valence-electron chi connectivity index (χ0n) is 12.7. The highest BCUT2D eigenvalue weighted by atomic mass is 16.7. The van der Waals surface area contributed by atoms with E-state index >= 15 is 0 Å². The lowest BCUT2D eigenvalue weighted by Crippen LogP contribution is -2.36. The van der Waals surface area contributed by atoms with Crippen LogP contribution in [-0.2, 0) is 22.3 Å². The fourth-order valence-electron chi connectivity index (χ4n) is 2.86. The largest absolute Gasteiger partial charge is 0.353 e. The Hall–Kier alpha value is -0.900. The minimum Gasteiger partial charge on any atom is -0.353 e. The van der Waals surface area contributed by atoms with E-state index in [0.717, 1.165) is 19.4 Å². The summed E-state index contributed by atoms with van der Waals surface area (Å²) >= 11 is 0. The van der Waals surface area contributed by atoms with Crippen LogP contribution in [0.1, 0.15) is 37.8 Å². The minimum atomic E-state index is -0.0617. The van der Waals surface area contributed by atoms with Crippen molar-refractivity contribution in [2.24, 2.45) is 0 Å². The molecular formula is C17H27NO2. The van der Waals surface area contributed by atoms with E-state index in [2.05, 4.69) is 29.6 Å². The van der Waals surface area contributed by atoms with E-state index < -0.39 is 0 Å². The molecule has 1 N–H and O–H groups in total. The number of aryl methyl sites for hydroxylation is 1. The van der Waals surface area contributed by atoms with Gasteiger partial charge in [-0.15, -0.1) is 0 Å². The van der Waals surface area contributed by atoms with Crippen LogP contribution < -0.4 is 5.32 Å². The van der Waals surface area contributed by atoms with E-state index in [1.165, 1.54) is 24.0 Å². The van der Waals surface area contributed by atoms with Crippen molar-refractivity contribution in [1.29, 1.82) is 0 Å². The normalized spacial score (nSPS) is 18.2. The van der Waals surface area contributed by atoms with Gasteiger partial charge in [0.2, 0.25) is 0 Å². The number of benzene rings is 1. The smallest absolute Gasteiger partial charge is 0.158 e. The molecule has 0 bridgehead atoms. The molecule has 0 saturated heterocycles. The molecule has 0 heterocycles. The van der Waals surface area contributed by atoms with E-state index in [9.17, 15) is 0 Å². The second kappa shape index (κ2) is 8.40. The first-order valence-electron chi connectivity index (χ1n) is 7.86. The lowest BCUT2D eigenvalue weighted by molar-refractivity contribution is -0.138.